The summed E-state index contributed by atoms with van der Waals surface area (Å²) < 4.78 is 0. The highest BCUT2D eigenvalue weighted by molar-refractivity contribution is 5.38. The second-order valence-electron chi connectivity index (χ2n) is 4.34. The molecule has 1 aromatic heterocycles. The number of hydrogen-bond donors (Lipinski definition) is 0. The van der Waals surface area contributed by atoms with Crippen molar-refractivity contribution in [3.63, 3.8) is 0 Å². The fraction of sp³-hybridized carbons (Fsp3) is 0.667. The third-order valence-electron chi connectivity index (χ3n) is 2.51. The maximum absolute atomic E-state index is 4.46. The number of rotatable bonds is 5. The molecule has 0 radical (unpaired) electrons. The largest absolute Gasteiger partial charge is 0.358 e. The molecular weight excluding hydrogens is 200 g/mol. The van der Waals surface area contributed by atoms with E-state index in [4.69, 9.17) is 0 Å². The topological polar surface area (TPSA) is 32.3 Å². The van der Waals surface area contributed by atoms with E-state index in [2.05, 4.69) is 53.9 Å². The lowest BCUT2D eigenvalue weighted by atomic mass is 10.3. The van der Waals surface area contributed by atoms with Crippen LogP contribution < -0.4 is 4.90 Å². The maximum Gasteiger partial charge on any atom is 0.132 e. The van der Waals surface area contributed by atoms with E-state index in [1.807, 2.05) is 6.92 Å². The van der Waals surface area contributed by atoms with Crippen molar-refractivity contribution in [3.05, 3.63) is 17.6 Å². The predicted octanol–water partition coefficient (Wildman–Crippen LogP) is 1.35. The first-order chi connectivity index (χ1) is 7.52. The van der Waals surface area contributed by atoms with Crippen LogP contribution in [0, 0.1) is 6.92 Å². The lowest BCUT2D eigenvalue weighted by Crippen LogP contribution is -2.29. The minimum absolute atomic E-state index is 0.853. The molecular formula is C12H22N4. The molecule has 1 rings (SSSR count). The summed E-state index contributed by atoms with van der Waals surface area (Å²) >= 11 is 0. The van der Waals surface area contributed by atoms with Crippen LogP contribution in [-0.4, -0.2) is 49.1 Å². The van der Waals surface area contributed by atoms with Crippen LogP contribution in [0.25, 0.3) is 0 Å². The van der Waals surface area contributed by atoms with Gasteiger partial charge in [-0.1, -0.05) is 6.92 Å². The Balaban J connectivity index is 2.74. The molecule has 4 heteroatoms. The number of nitrogens with zero attached hydrogens (tertiary/aromatic N) is 4. The Kier molecular flexibility index (Phi) is 4.68. The number of likely N-dealkylation sites (N-methyl/N-ethyl adjacent to an activating group) is 2. The number of aromatic nitrogens is 2. The SMILES string of the molecule is CCc1cc(N(C)CCN(C)C)nc(C)n1. The highest BCUT2D eigenvalue weighted by Gasteiger charge is 2.05. The molecule has 0 spiro atoms. The van der Waals surface area contributed by atoms with Crippen molar-refractivity contribution in [2.24, 2.45) is 0 Å². The van der Waals surface area contributed by atoms with Gasteiger partial charge in [0.05, 0.1) is 0 Å². The summed E-state index contributed by atoms with van der Waals surface area (Å²) in [5.74, 6) is 1.87. The summed E-state index contributed by atoms with van der Waals surface area (Å²) in [7, 11) is 6.23. The van der Waals surface area contributed by atoms with Crippen molar-refractivity contribution in [1.29, 1.82) is 0 Å². The van der Waals surface area contributed by atoms with Gasteiger partial charge in [-0.05, 0) is 27.4 Å². The molecule has 16 heavy (non-hydrogen) atoms. The summed E-state index contributed by atoms with van der Waals surface area (Å²) in [4.78, 5) is 13.2. The van der Waals surface area contributed by atoms with Gasteiger partial charge in [-0.25, -0.2) is 9.97 Å². The molecule has 0 saturated heterocycles. The van der Waals surface area contributed by atoms with Gasteiger partial charge in [0.15, 0.2) is 0 Å². The van der Waals surface area contributed by atoms with Gasteiger partial charge in [0.2, 0.25) is 0 Å². The van der Waals surface area contributed by atoms with Gasteiger partial charge in [-0.3, -0.25) is 0 Å². The van der Waals surface area contributed by atoms with E-state index >= 15 is 0 Å². The zero-order valence-electron chi connectivity index (χ0n) is 11.0. The van der Waals surface area contributed by atoms with Crippen LogP contribution in [0.15, 0.2) is 6.07 Å². The van der Waals surface area contributed by atoms with E-state index in [9.17, 15) is 0 Å². The molecule has 0 aliphatic carbocycles. The third kappa shape index (κ3) is 3.77. The highest BCUT2D eigenvalue weighted by atomic mass is 15.2. The molecule has 0 aliphatic heterocycles. The lowest BCUT2D eigenvalue weighted by Gasteiger charge is -2.21. The molecule has 1 heterocycles. The second kappa shape index (κ2) is 5.80. The van der Waals surface area contributed by atoms with Crippen LogP contribution in [0.5, 0.6) is 0 Å². The van der Waals surface area contributed by atoms with Crippen LogP contribution in [0.1, 0.15) is 18.4 Å². The minimum atomic E-state index is 0.853. The van der Waals surface area contributed by atoms with Gasteiger partial charge in [-0.15, -0.1) is 0 Å². The van der Waals surface area contributed by atoms with Gasteiger partial charge < -0.3 is 9.80 Å². The van der Waals surface area contributed by atoms with Gasteiger partial charge in [0.25, 0.3) is 0 Å². The van der Waals surface area contributed by atoms with E-state index in [1.54, 1.807) is 0 Å². The van der Waals surface area contributed by atoms with E-state index in [0.717, 1.165) is 36.8 Å². The Morgan fingerprint density at radius 3 is 2.38 bits per heavy atom. The van der Waals surface area contributed by atoms with Gasteiger partial charge in [-0.2, -0.15) is 0 Å². The summed E-state index contributed by atoms with van der Waals surface area (Å²) in [6, 6.07) is 2.07. The standard InChI is InChI=1S/C12H22N4/c1-6-11-9-12(14-10(2)13-11)16(5)8-7-15(3)4/h9H,6-8H2,1-5H3. The van der Waals surface area contributed by atoms with Crippen molar-refractivity contribution in [3.8, 4) is 0 Å². The Morgan fingerprint density at radius 1 is 1.12 bits per heavy atom. The van der Waals surface area contributed by atoms with E-state index in [0.29, 0.717) is 0 Å². The zero-order chi connectivity index (χ0) is 12.1. The molecule has 1 aromatic rings. The summed E-state index contributed by atoms with van der Waals surface area (Å²) in [6.07, 6.45) is 0.956. The highest BCUT2D eigenvalue weighted by Crippen LogP contribution is 2.11. The molecule has 90 valence electrons. The van der Waals surface area contributed by atoms with Crippen molar-refractivity contribution >= 4 is 5.82 Å². The molecule has 0 fully saturated rings. The second-order valence-corrected chi connectivity index (χ2v) is 4.34. The third-order valence-corrected chi connectivity index (χ3v) is 2.51. The Hall–Kier alpha value is -1.16. The van der Waals surface area contributed by atoms with Crippen LogP contribution >= 0.6 is 0 Å². The van der Waals surface area contributed by atoms with Crippen molar-refractivity contribution in [1.82, 2.24) is 14.9 Å². The Labute approximate surface area is 98.3 Å². The summed E-state index contributed by atoms with van der Waals surface area (Å²) in [5, 5.41) is 0. The summed E-state index contributed by atoms with van der Waals surface area (Å²) in [5.41, 5.74) is 1.11. The number of aryl methyl sites for hydroxylation is 2. The average molecular weight is 222 g/mol. The molecule has 0 bridgehead atoms. The minimum Gasteiger partial charge on any atom is -0.358 e. The first-order valence-electron chi connectivity index (χ1n) is 5.73. The monoisotopic (exact) mass is 222 g/mol. The lowest BCUT2D eigenvalue weighted by molar-refractivity contribution is 0.416. The molecule has 0 aliphatic rings. The molecule has 0 saturated carbocycles. The fourth-order valence-corrected chi connectivity index (χ4v) is 1.45. The quantitative estimate of drug-likeness (QED) is 0.752. The molecule has 4 nitrogen and oxygen atoms in total. The van der Waals surface area contributed by atoms with Gasteiger partial charge in [0, 0.05) is 31.9 Å². The average Bonchev–Trinajstić information content (AvgIpc) is 2.24. The van der Waals surface area contributed by atoms with Gasteiger partial charge >= 0.3 is 0 Å². The smallest absolute Gasteiger partial charge is 0.132 e. The predicted molar refractivity (Wildman–Crippen MR) is 68.0 cm³/mol. The molecule has 0 unspecified atom stereocenters. The maximum atomic E-state index is 4.46. The van der Waals surface area contributed by atoms with Crippen LogP contribution in [0.4, 0.5) is 5.82 Å². The van der Waals surface area contributed by atoms with Crippen molar-refractivity contribution < 1.29 is 0 Å². The zero-order valence-corrected chi connectivity index (χ0v) is 11.0. The molecule has 0 amide bonds. The van der Waals surface area contributed by atoms with Crippen molar-refractivity contribution in [2.45, 2.75) is 20.3 Å². The molecule has 0 aromatic carbocycles. The van der Waals surface area contributed by atoms with E-state index in [-0.39, 0.29) is 0 Å². The first kappa shape index (κ1) is 12.9. The molecule has 0 atom stereocenters. The van der Waals surface area contributed by atoms with Gasteiger partial charge in [0.1, 0.15) is 11.6 Å². The van der Waals surface area contributed by atoms with Crippen LogP contribution in [0.3, 0.4) is 0 Å². The van der Waals surface area contributed by atoms with Crippen LogP contribution in [0.2, 0.25) is 0 Å². The Bertz CT molecular complexity index is 336. The fourth-order valence-electron chi connectivity index (χ4n) is 1.45. The van der Waals surface area contributed by atoms with E-state index in [1.165, 1.54) is 0 Å². The van der Waals surface area contributed by atoms with Crippen molar-refractivity contribution in [2.75, 3.05) is 39.1 Å². The normalized spacial score (nSPS) is 10.9. The summed E-state index contributed by atoms with van der Waals surface area (Å²) in [6.45, 7) is 6.07. The Morgan fingerprint density at radius 2 is 1.81 bits per heavy atom. The van der Waals surface area contributed by atoms with E-state index < -0.39 is 0 Å². The number of hydrogen-bond acceptors (Lipinski definition) is 4. The molecule has 0 N–H and O–H groups in total. The first-order valence-corrected chi connectivity index (χ1v) is 5.73. The number of anilines is 1. The van der Waals surface area contributed by atoms with Crippen LogP contribution in [-0.2, 0) is 6.42 Å².